The van der Waals surface area contributed by atoms with Gasteiger partial charge < -0.3 is 4.74 Å². The van der Waals surface area contributed by atoms with Crippen LogP contribution in [0.5, 0.6) is 5.75 Å². The minimum Gasteiger partial charge on any atom is -0.472 e. The average Bonchev–Trinajstić information content (AvgIpc) is 3.63. The fourth-order valence-corrected chi connectivity index (χ4v) is 9.31. The van der Waals surface area contributed by atoms with Crippen LogP contribution >= 0.6 is 0 Å². The third-order valence-electron chi connectivity index (χ3n) is 12.4. The second-order valence-corrected chi connectivity index (χ2v) is 15.9. The molecule has 9 aromatic carbocycles. The molecular weight excluding hydrogens is 755 g/mol. The Kier molecular flexibility index (Phi) is 8.36. The zero-order chi connectivity index (χ0) is 41.0. The number of rotatable bonds is 6. The number of hydrogen-bond donors (Lipinski definition) is 0. The molecule has 0 fully saturated rings. The molecule has 290 valence electrons. The van der Waals surface area contributed by atoms with Crippen molar-refractivity contribution in [1.29, 1.82) is 0 Å². The van der Waals surface area contributed by atoms with Crippen molar-refractivity contribution in [3.63, 3.8) is 0 Å². The maximum atomic E-state index is 7.19. The molecule has 1 spiro atoms. The summed E-state index contributed by atoms with van der Waals surface area (Å²) < 4.78 is 7.19. The number of benzene rings is 9. The summed E-state index contributed by atoms with van der Waals surface area (Å²) in [6.07, 6.45) is 0. The van der Waals surface area contributed by atoms with E-state index in [1.165, 1.54) is 27.8 Å². The molecule has 10 aromatic rings. The number of nitrogens with zero attached hydrogens (tertiary/aromatic N) is 3. The van der Waals surface area contributed by atoms with Crippen LogP contribution in [0.1, 0.15) is 16.7 Å². The van der Waals surface area contributed by atoms with Gasteiger partial charge in [-0.15, -0.1) is 0 Å². The largest absolute Gasteiger partial charge is 0.472 e. The molecule has 1 aliphatic carbocycles. The summed E-state index contributed by atoms with van der Waals surface area (Å²) >= 11 is 0. The van der Waals surface area contributed by atoms with Gasteiger partial charge in [0.1, 0.15) is 5.75 Å². The summed E-state index contributed by atoms with van der Waals surface area (Å²) in [4.78, 5) is 15.2. The van der Waals surface area contributed by atoms with Crippen molar-refractivity contribution < 1.29 is 4.74 Å². The van der Waals surface area contributed by atoms with Crippen molar-refractivity contribution in [3.05, 3.63) is 241 Å². The highest BCUT2D eigenvalue weighted by atomic mass is 16.5. The lowest BCUT2D eigenvalue weighted by Crippen LogP contribution is -2.36. The summed E-state index contributed by atoms with van der Waals surface area (Å²) in [6, 6.07) is 78.9. The first-order valence-electron chi connectivity index (χ1n) is 21.0. The fraction of sp³-hybridized carbons (Fsp3) is 0.0172. The van der Waals surface area contributed by atoms with Crippen LogP contribution in [0, 0.1) is 0 Å². The quantitative estimate of drug-likeness (QED) is 0.168. The Morgan fingerprint density at radius 2 is 0.597 bits per heavy atom. The standard InChI is InChI=1S/C58H37N3O/c1-3-13-38(14-4-1)40-23-29-43(30-24-40)55-59-56(44-31-25-41(26-32-44)39-15-5-2-6-16-39)61-57(60-55)45-33-27-42(28-34-45)46-35-36-53-50(37-46)48-18-8-11-21-52(48)58(53)51-20-10-7-17-47(51)49-19-9-12-22-54(49)62-58/h1-37H. The van der Waals surface area contributed by atoms with Crippen molar-refractivity contribution in [2.75, 3.05) is 0 Å². The fourth-order valence-electron chi connectivity index (χ4n) is 9.31. The predicted molar refractivity (Wildman–Crippen MR) is 250 cm³/mol. The van der Waals surface area contributed by atoms with E-state index in [4.69, 9.17) is 19.7 Å². The van der Waals surface area contributed by atoms with Gasteiger partial charge in [-0.25, -0.2) is 15.0 Å². The molecule has 0 radical (unpaired) electrons. The van der Waals surface area contributed by atoms with Crippen LogP contribution in [0.4, 0.5) is 0 Å². The number of ether oxygens (including phenoxy) is 1. The zero-order valence-electron chi connectivity index (χ0n) is 33.6. The molecule has 2 aliphatic rings. The molecule has 2 heterocycles. The molecule has 1 aromatic heterocycles. The zero-order valence-corrected chi connectivity index (χ0v) is 33.6. The highest BCUT2D eigenvalue weighted by Crippen LogP contribution is 2.58. The maximum Gasteiger partial charge on any atom is 0.186 e. The molecular formula is C58H37N3O. The lowest BCUT2D eigenvalue weighted by Gasteiger charge is -2.39. The topological polar surface area (TPSA) is 47.9 Å². The Hall–Kier alpha value is -8.21. The molecule has 4 heteroatoms. The van der Waals surface area contributed by atoms with E-state index in [0.29, 0.717) is 17.5 Å². The van der Waals surface area contributed by atoms with Crippen molar-refractivity contribution in [1.82, 2.24) is 15.0 Å². The summed E-state index contributed by atoms with van der Waals surface area (Å²) in [6.45, 7) is 0. The second kappa shape index (κ2) is 14.5. The first-order valence-corrected chi connectivity index (χ1v) is 21.0. The van der Waals surface area contributed by atoms with E-state index in [2.05, 4.69) is 212 Å². The SMILES string of the molecule is c1ccc(-c2ccc(-c3nc(-c4ccc(-c5ccccc5)cc4)nc(-c4ccc(-c5ccc6c(c5)-c5ccccc5C65Oc6ccccc6-c6ccccc65)cc4)n3)cc2)cc1. The third-order valence-corrected chi connectivity index (χ3v) is 12.4. The molecule has 62 heavy (non-hydrogen) atoms. The lowest BCUT2D eigenvalue weighted by molar-refractivity contribution is 0.157. The molecule has 0 bridgehead atoms. The summed E-state index contributed by atoms with van der Waals surface area (Å²) in [7, 11) is 0. The van der Waals surface area contributed by atoms with Gasteiger partial charge in [-0.3, -0.25) is 0 Å². The lowest BCUT2D eigenvalue weighted by atomic mass is 9.77. The smallest absolute Gasteiger partial charge is 0.186 e. The van der Waals surface area contributed by atoms with E-state index in [1.807, 2.05) is 12.1 Å². The number of aromatic nitrogens is 3. The van der Waals surface area contributed by atoms with Gasteiger partial charge in [-0.2, -0.15) is 0 Å². The van der Waals surface area contributed by atoms with Crippen LogP contribution in [0.3, 0.4) is 0 Å². The minimum absolute atomic E-state index is 0.619. The minimum atomic E-state index is -0.753. The van der Waals surface area contributed by atoms with E-state index in [0.717, 1.165) is 66.9 Å². The van der Waals surface area contributed by atoms with Crippen LogP contribution in [-0.4, -0.2) is 15.0 Å². The van der Waals surface area contributed by atoms with Gasteiger partial charge in [-0.1, -0.05) is 212 Å². The van der Waals surface area contributed by atoms with Crippen LogP contribution in [0.15, 0.2) is 224 Å². The van der Waals surface area contributed by atoms with E-state index in [-0.39, 0.29) is 0 Å². The molecule has 1 atom stereocenters. The Bertz CT molecular complexity index is 3190. The van der Waals surface area contributed by atoms with Gasteiger partial charge in [0.05, 0.1) is 0 Å². The molecule has 0 saturated carbocycles. The molecule has 0 N–H and O–H groups in total. The van der Waals surface area contributed by atoms with Crippen molar-refractivity contribution in [3.8, 4) is 95.5 Å². The van der Waals surface area contributed by atoms with Crippen molar-refractivity contribution >= 4 is 0 Å². The van der Waals surface area contributed by atoms with E-state index in [9.17, 15) is 0 Å². The molecule has 0 saturated heterocycles. The number of fused-ring (bicyclic) bond motifs is 9. The maximum absolute atomic E-state index is 7.19. The number of para-hydroxylation sites is 1. The Balaban J connectivity index is 0.923. The van der Waals surface area contributed by atoms with Gasteiger partial charge in [0.15, 0.2) is 23.1 Å². The molecule has 1 aliphatic heterocycles. The summed E-state index contributed by atoms with van der Waals surface area (Å²) in [5.41, 5.74) is 17.0. The average molecular weight is 792 g/mol. The van der Waals surface area contributed by atoms with Gasteiger partial charge >= 0.3 is 0 Å². The normalized spacial score (nSPS) is 14.3. The molecule has 12 rings (SSSR count). The van der Waals surface area contributed by atoms with E-state index >= 15 is 0 Å². The van der Waals surface area contributed by atoms with E-state index in [1.54, 1.807) is 0 Å². The van der Waals surface area contributed by atoms with Crippen LogP contribution in [0.2, 0.25) is 0 Å². The van der Waals surface area contributed by atoms with Crippen LogP contribution in [0.25, 0.3) is 89.8 Å². The molecule has 0 amide bonds. The highest BCUT2D eigenvalue weighted by molar-refractivity contribution is 5.90. The highest BCUT2D eigenvalue weighted by Gasteiger charge is 2.50. The number of hydrogen-bond acceptors (Lipinski definition) is 4. The second-order valence-electron chi connectivity index (χ2n) is 15.9. The molecule has 1 unspecified atom stereocenters. The van der Waals surface area contributed by atoms with Crippen LogP contribution < -0.4 is 4.74 Å². The van der Waals surface area contributed by atoms with Gasteiger partial charge in [0.25, 0.3) is 0 Å². The Labute approximate surface area is 360 Å². The first-order chi connectivity index (χ1) is 30.7. The van der Waals surface area contributed by atoms with Gasteiger partial charge in [0, 0.05) is 38.9 Å². The first kappa shape index (κ1) is 35.7. The van der Waals surface area contributed by atoms with Crippen molar-refractivity contribution in [2.24, 2.45) is 0 Å². The third kappa shape index (κ3) is 5.88. The van der Waals surface area contributed by atoms with E-state index < -0.39 is 5.60 Å². The Morgan fingerprint density at radius 1 is 0.258 bits per heavy atom. The van der Waals surface area contributed by atoms with Gasteiger partial charge in [-0.05, 0) is 62.2 Å². The van der Waals surface area contributed by atoms with Gasteiger partial charge in [0.2, 0.25) is 0 Å². The predicted octanol–water partition coefficient (Wildman–Crippen LogP) is 14.2. The van der Waals surface area contributed by atoms with Crippen molar-refractivity contribution in [2.45, 2.75) is 5.60 Å². The molecule has 4 nitrogen and oxygen atoms in total. The monoisotopic (exact) mass is 791 g/mol. The Morgan fingerprint density at radius 3 is 1.10 bits per heavy atom. The summed E-state index contributed by atoms with van der Waals surface area (Å²) in [5, 5.41) is 0. The van der Waals surface area contributed by atoms with Crippen LogP contribution in [-0.2, 0) is 5.60 Å². The summed E-state index contributed by atoms with van der Waals surface area (Å²) in [5.74, 6) is 2.77.